The molecule has 0 saturated carbocycles. The molecule has 0 aromatic heterocycles. The van der Waals surface area contributed by atoms with Crippen molar-refractivity contribution >= 4 is 11.3 Å². The second-order valence-corrected chi connectivity index (χ2v) is 7.42. The Morgan fingerprint density at radius 3 is 2.67 bits per heavy atom. The Balaban J connectivity index is 2.38. The first-order chi connectivity index (χ1) is 11.6. The second-order valence-electron chi connectivity index (χ2n) is 7.42. The van der Waals surface area contributed by atoms with Crippen molar-refractivity contribution in [2.24, 2.45) is 0 Å². The number of hydrogen-bond acceptors (Lipinski definition) is 1. The van der Waals surface area contributed by atoms with E-state index in [4.69, 9.17) is 5.73 Å². The van der Waals surface area contributed by atoms with Crippen LogP contribution in [0.25, 0.3) is 5.57 Å². The average molecular weight is 326 g/mol. The molecule has 1 heteroatoms. The molecule has 24 heavy (non-hydrogen) atoms. The maximum Gasteiger partial charge on any atom is 0.0431 e. The number of nitrogens with two attached hydrogens (primary N) is 1. The molecule has 0 heterocycles. The van der Waals surface area contributed by atoms with Crippen molar-refractivity contribution < 1.29 is 0 Å². The third-order valence-corrected chi connectivity index (χ3v) is 5.29. The van der Waals surface area contributed by atoms with Crippen molar-refractivity contribution in [1.29, 1.82) is 0 Å². The highest BCUT2D eigenvalue weighted by Gasteiger charge is 2.20. The zero-order valence-electron chi connectivity index (χ0n) is 16.0. The van der Waals surface area contributed by atoms with Crippen LogP contribution in [0.15, 0.2) is 30.4 Å². The lowest BCUT2D eigenvalue weighted by molar-refractivity contribution is 0.634. The number of allylic oxidation sites excluding steroid dienone is 3. The van der Waals surface area contributed by atoms with Gasteiger partial charge in [0.25, 0.3) is 0 Å². The van der Waals surface area contributed by atoms with Gasteiger partial charge in [0, 0.05) is 17.2 Å². The number of hydrogen-bond donors (Lipinski definition) is 1. The fraction of sp³-hybridized carbons (Fsp3) is 0.565. The first kappa shape index (κ1) is 18.8. The van der Waals surface area contributed by atoms with Crippen molar-refractivity contribution in [3.63, 3.8) is 0 Å². The molecule has 2 N–H and O–H groups in total. The van der Waals surface area contributed by atoms with E-state index in [0.29, 0.717) is 5.92 Å². The molecule has 2 rings (SSSR count). The topological polar surface area (TPSA) is 26.0 Å². The highest BCUT2D eigenvalue weighted by atomic mass is 14.6. The van der Waals surface area contributed by atoms with E-state index in [1.54, 1.807) is 0 Å². The summed E-state index contributed by atoms with van der Waals surface area (Å²) in [6, 6.07) is 4.62. The van der Waals surface area contributed by atoms with Crippen molar-refractivity contribution in [3.05, 3.63) is 47.1 Å². The Labute approximate surface area is 149 Å². The molecule has 0 fully saturated rings. The molecule has 1 atom stereocenters. The van der Waals surface area contributed by atoms with Gasteiger partial charge in [0.2, 0.25) is 0 Å². The van der Waals surface area contributed by atoms with E-state index in [9.17, 15) is 0 Å². The molecule has 0 radical (unpaired) electrons. The van der Waals surface area contributed by atoms with E-state index in [1.807, 2.05) is 0 Å². The van der Waals surface area contributed by atoms with Gasteiger partial charge in [0.15, 0.2) is 0 Å². The Bertz CT molecular complexity index is 594. The van der Waals surface area contributed by atoms with Crippen LogP contribution in [-0.2, 0) is 6.42 Å². The lowest BCUT2D eigenvalue weighted by atomic mass is 9.82. The number of rotatable bonds is 8. The minimum atomic E-state index is 0.483. The Kier molecular flexibility index (Phi) is 7.15. The molecule has 132 valence electrons. The lowest BCUT2D eigenvalue weighted by Gasteiger charge is -2.24. The van der Waals surface area contributed by atoms with Crippen LogP contribution in [0.4, 0.5) is 5.69 Å². The van der Waals surface area contributed by atoms with E-state index >= 15 is 0 Å². The number of nitrogen functional groups attached to an aromatic ring is 1. The largest absolute Gasteiger partial charge is 0.398 e. The van der Waals surface area contributed by atoms with Gasteiger partial charge in [0.05, 0.1) is 0 Å². The summed E-state index contributed by atoms with van der Waals surface area (Å²) >= 11 is 0. The summed E-state index contributed by atoms with van der Waals surface area (Å²) in [6.45, 7) is 11.1. The fourth-order valence-corrected chi connectivity index (χ4v) is 3.98. The number of aryl methyl sites for hydroxylation is 1. The molecule has 1 aliphatic carbocycles. The van der Waals surface area contributed by atoms with E-state index in [2.05, 4.69) is 45.6 Å². The van der Waals surface area contributed by atoms with Gasteiger partial charge in [-0.25, -0.2) is 0 Å². The zero-order chi connectivity index (χ0) is 17.5. The maximum absolute atomic E-state index is 6.71. The van der Waals surface area contributed by atoms with Crippen molar-refractivity contribution in [3.8, 4) is 0 Å². The van der Waals surface area contributed by atoms with E-state index in [1.165, 1.54) is 66.4 Å². The van der Waals surface area contributed by atoms with Gasteiger partial charge in [-0.2, -0.15) is 0 Å². The molecule has 0 aliphatic heterocycles. The molecule has 1 aromatic carbocycles. The summed E-state index contributed by atoms with van der Waals surface area (Å²) in [7, 11) is 0. The highest BCUT2D eigenvalue weighted by molar-refractivity contribution is 5.79. The maximum atomic E-state index is 6.71. The number of unbranched alkanes of at least 4 members (excludes halogenated alkanes) is 2. The summed E-state index contributed by atoms with van der Waals surface area (Å²) < 4.78 is 0. The number of anilines is 1. The fourth-order valence-electron chi connectivity index (χ4n) is 3.98. The quantitative estimate of drug-likeness (QED) is 0.310. The van der Waals surface area contributed by atoms with E-state index < -0.39 is 0 Å². The molecule has 1 unspecified atom stereocenters. The van der Waals surface area contributed by atoms with Crippen molar-refractivity contribution in [1.82, 2.24) is 0 Å². The average Bonchev–Trinajstić information content (AvgIpc) is 2.55. The van der Waals surface area contributed by atoms with Crippen LogP contribution in [0, 0.1) is 0 Å². The first-order valence-electron chi connectivity index (χ1n) is 9.85. The van der Waals surface area contributed by atoms with E-state index in [0.717, 1.165) is 24.9 Å². The molecule has 1 aromatic rings. The van der Waals surface area contributed by atoms with Crippen LogP contribution in [-0.4, -0.2) is 0 Å². The van der Waals surface area contributed by atoms with Crippen molar-refractivity contribution in [2.75, 3.05) is 5.73 Å². The summed E-state index contributed by atoms with van der Waals surface area (Å²) in [5.41, 5.74) is 14.4. The minimum Gasteiger partial charge on any atom is -0.398 e. The smallest absolute Gasteiger partial charge is 0.0431 e. The molecular formula is C23H35N. The Morgan fingerprint density at radius 1 is 1.21 bits per heavy atom. The van der Waals surface area contributed by atoms with Crippen LogP contribution < -0.4 is 5.73 Å². The van der Waals surface area contributed by atoms with Crippen molar-refractivity contribution in [2.45, 2.75) is 84.5 Å². The summed E-state index contributed by atoms with van der Waals surface area (Å²) in [5.74, 6) is 0.483. The summed E-state index contributed by atoms with van der Waals surface area (Å²) in [6.07, 6.45) is 13.2. The molecule has 0 spiro atoms. The van der Waals surface area contributed by atoms with E-state index in [-0.39, 0.29) is 0 Å². The van der Waals surface area contributed by atoms with Gasteiger partial charge in [-0.05, 0) is 62.1 Å². The SMILES string of the molecule is C=C(CCC)c1c(CCCCC)ccc(C2C=C(C)CCC2)c1N. The highest BCUT2D eigenvalue weighted by Crippen LogP contribution is 2.39. The van der Waals surface area contributed by atoms with Crippen LogP contribution in [0.2, 0.25) is 0 Å². The Morgan fingerprint density at radius 2 is 2.00 bits per heavy atom. The van der Waals surface area contributed by atoms with Crippen LogP contribution >= 0.6 is 0 Å². The van der Waals surface area contributed by atoms with Crippen LogP contribution in [0.1, 0.15) is 94.7 Å². The third kappa shape index (κ3) is 4.53. The number of benzene rings is 1. The van der Waals surface area contributed by atoms with Gasteiger partial charge in [-0.15, -0.1) is 0 Å². The molecule has 0 amide bonds. The monoisotopic (exact) mass is 325 g/mol. The van der Waals surface area contributed by atoms with Gasteiger partial charge in [0.1, 0.15) is 0 Å². The standard InChI is InChI=1S/C23H35N/c1-5-7-8-12-19-14-15-21(20-13-9-11-17(3)16-20)23(24)22(19)18(4)10-6-2/h14-16,20H,4-13,24H2,1-3H3. The Hall–Kier alpha value is -1.50. The third-order valence-electron chi connectivity index (χ3n) is 5.29. The molecule has 0 bridgehead atoms. The molecule has 0 saturated heterocycles. The van der Waals surface area contributed by atoms with Gasteiger partial charge < -0.3 is 5.73 Å². The second kappa shape index (κ2) is 9.11. The zero-order valence-corrected chi connectivity index (χ0v) is 16.0. The van der Waals surface area contributed by atoms with Crippen LogP contribution in [0.5, 0.6) is 0 Å². The first-order valence-corrected chi connectivity index (χ1v) is 9.85. The predicted octanol–water partition coefficient (Wildman–Crippen LogP) is 7.03. The predicted molar refractivity (Wildman–Crippen MR) is 108 cm³/mol. The van der Waals surface area contributed by atoms with Gasteiger partial charge in [-0.1, -0.05) is 63.5 Å². The lowest BCUT2D eigenvalue weighted by Crippen LogP contribution is -2.09. The van der Waals surface area contributed by atoms with Crippen LogP contribution in [0.3, 0.4) is 0 Å². The normalized spacial score (nSPS) is 17.6. The van der Waals surface area contributed by atoms with Gasteiger partial charge >= 0.3 is 0 Å². The molecule has 1 nitrogen and oxygen atoms in total. The summed E-state index contributed by atoms with van der Waals surface area (Å²) in [4.78, 5) is 0. The molecular weight excluding hydrogens is 290 g/mol. The molecule has 1 aliphatic rings. The van der Waals surface area contributed by atoms with Gasteiger partial charge in [-0.3, -0.25) is 0 Å². The summed E-state index contributed by atoms with van der Waals surface area (Å²) in [5, 5.41) is 0. The minimum absolute atomic E-state index is 0.483.